The summed E-state index contributed by atoms with van der Waals surface area (Å²) in [5.41, 5.74) is 4.72. The van der Waals surface area contributed by atoms with Crippen LogP contribution in [-0.4, -0.2) is 48.3 Å². The molecule has 0 radical (unpaired) electrons. The van der Waals surface area contributed by atoms with E-state index in [0.29, 0.717) is 37.7 Å². The van der Waals surface area contributed by atoms with Gasteiger partial charge in [0.15, 0.2) is 5.60 Å². The van der Waals surface area contributed by atoms with Crippen LogP contribution < -0.4 is 5.73 Å². The lowest BCUT2D eigenvalue weighted by Crippen LogP contribution is -2.51. The van der Waals surface area contributed by atoms with Crippen molar-refractivity contribution in [2.45, 2.75) is 55.4 Å². The molecule has 1 aromatic heterocycles. The molecule has 0 spiro atoms. The highest BCUT2D eigenvalue weighted by Crippen LogP contribution is 2.34. The number of sulfonamides is 1. The average Bonchev–Trinajstić information content (AvgIpc) is 2.79. The van der Waals surface area contributed by atoms with Crippen molar-refractivity contribution < 1.29 is 22.7 Å². The van der Waals surface area contributed by atoms with E-state index in [0.717, 1.165) is 24.6 Å². The highest BCUT2D eigenvalue weighted by molar-refractivity contribution is 7.89. The Bertz CT molecular complexity index is 1090. The van der Waals surface area contributed by atoms with E-state index in [2.05, 4.69) is 4.98 Å². The largest absolute Gasteiger partial charge is 0.449 e. The van der Waals surface area contributed by atoms with Crippen LogP contribution in [0.5, 0.6) is 0 Å². The monoisotopic (exact) mass is 445 g/mol. The Labute approximate surface area is 181 Å². The highest BCUT2D eigenvalue weighted by Gasteiger charge is 2.44. The molecule has 0 bridgehead atoms. The molecule has 1 aliphatic heterocycles. The first-order chi connectivity index (χ1) is 14.8. The van der Waals surface area contributed by atoms with Gasteiger partial charge in [-0.05, 0) is 50.7 Å². The third-order valence-electron chi connectivity index (χ3n) is 6.34. The summed E-state index contributed by atoms with van der Waals surface area (Å²) in [6, 6.07) is 8.60. The Balaban J connectivity index is 1.55. The Morgan fingerprint density at radius 1 is 1.10 bits per heavy atom. The Hall–Kier alpha value is -2.52. The van der Waals surface area contributed by atoms with Gasteiger partial charge in [0, 0.05) is 24.7 Å². The number of primary amides is 1. The lowest BCUT2D eigenvalue weighted by Gasteiger charge is -2.37. The summed E-state index contributed by atoms with van der Waals surface area (Å²) in [6.07, 6.45) is 5.96. The number of rotatable bonds is 5. The number of hydrogen-bond donors (Lipinski definition) is 1. The number of hydrogen-bond acceptors (Lipinski definition) is 6. The van der Waals surface area contributed by atoms with Crippen molar-refractivity contribution in [3.63, 3.8) is 0 Å². The Kier molecular flexibility index (Phi) is 5.98. The average molecular weight is 446 g/mol. The molecule has 166 valence electrons. The van der Waals surface area contributed by atoms with Gasteiger partial charge in [-0.1, -0.05) is 24.6 Å². The fraction of sp³-hybridized carbons (Fsp3) is 0.500. The molecule has 2 aliphatic rings. The maximum Gasteiger partial charge on any atom is 0.311 e. The van der Waals surface area contributed by atoms with Gasteiger partial charge < -0.3 is 10.5 Å². The van der Waals surface area contributed by atoms with E-state index in [-0.39, 0.29) is 11.4 Å². The summed E-state index contributed by atoms with van der Waals surface area (Å²) in [4.78, 5) is 29.4. The molecule has 2 aromatic rings. The normalized spacial score (nSPS) is 22.1. The van der Waals surface area contributed by atoms with Crippen LogP contribution in [0.2, 0.25) is 0 Å². The van der Waals surface area contributed by atoms with Crippen molar-refractivity contribution in [1.29, 1.82) is 0 Å². The van der Waals surface area contributed by atoms with Gasteiger partial charge in [-0.25, -0.2) is 8.42 Å². The number of piperidine rings is 1. The minimum absolute atomic E-state index is 0.0131. The summed E-state index contributed by atoms with van der Waals surface area (Å²) >= 11 is 0. The van der Waals surface area contributed by atoms with Crippen LogP contribution in [0, 0.1) is 5.92 Å². The van der Waals surface area contributed by atoms with Gasteiger partial charge in [0.05, 0.1) is 11.4 Å². The minimum Gasteiger partial charge on any atom is -0.449 e. The number of pyridine rings is 1. The molecule has 1 unspecified atom stereocenters. The van der Waals surface area contributed by atoms with Gasteiger partial charge in [-0.15, -0.1) is 0 Å². The van der Waals surface area contributed by atoms with E-state index >= 15 is 0 Å². The zero-order valence-corrected chi connectivity index (χ0v) is 18.1. The molecule has 1 aliphatic carbocycles. The van der Waals surface area contributed by atoms with Crippen LogP contribution >= 0.6 is 0 Å². The van der Waals surface area contributed by atoms with Crippen molar-refractivity contribution in [3.05, 3.63) is 36.5 Å². The molecule has 8 nitrogen and oxygen atoms in total. The maximum atomic E-state index is 13.4. The number of fused-ring (bicyclic) bond motifs is 1. The van der Waals surface area contributed by atoms with E-state index in [1.54, 1.807) is 18.3 Å². The molecular formula is C22H27N3O5S. The van der Waals surface area contributed by atoms with Gasteiger partial charge in [0.1, 0.15) is 4.90 Å². The molecular weight excluding hydrogens is 418 g/mol. The van der Waals surface area contributed by atoms with Crippen LogP contribution in [0.25, 0.3) is 10.9 Å². The third-order valence-corrected chi connectivity index (χ3v) is 8.23. The number of para-hydroxylation sites is 1. The summed E-state index contributed by atoms with van der Waals surface area (Å²) in [5.74, 6) is -1.80. The number of nitrogens with zero attached hydrogens (tertiary/aromatic N) is 2. The van der Waals surface area contributed by atoms with Gasteiger partial charge in [0.2, 0.25) is 10.0 Å². The third kappa shape index (κ3) is 4.16. The molecule has 1 saturated heterocycles. The predicted octanol–water partition coefficient (Wildman–Crippen LogP) is 2.37. The molecule has 4 rings (SSSR count). The quantitative estimate of drug-likeness (QED) is 0.706. The zero-order valence-electron chi connectivity index (χ0n) is 17.3. The Morgan fingerprint density at radius 2 is 1.84 bits per heavy atom. The SMILES string of the molecule is NC(=O)C1(OC(=O)C2CCCN(S(=O)(=O)c3cccc4cccnc34)C2)CCCCC1. The van der Waals surface area contributed by atoms with Crippen molar-refractivity contribution in [1.82, 2.24) is 9.29 Å². The zero-order chi connectivity index (χ0) is 22.1. The summed E-state index contributed by atoms with van der Waals surface area (Å²) in [7, 11) is -3.85. The predicted molar refractivity (Wildman–Crippen MR) is 114 cm³/mol. The molecule has 1 atom stereocenters. The van der Waals surface area contributed by atoms with Gasteiger partial charge in [0.25, 0.3) is 5.91 Å². The fourth-order valence-electron chi connectivity index (χ4n) is 4.57. The number of aromatic nitrogens is 1. The first kappa shape index (κ1) is 21.7. The van der Waals surface area contributed by atoms with Crippen LogP contribution in [-0.2, 0) is 24.3 Å². The molecule has 1 amide bonds. The van der Waals surface area contributed by atoms with Crippen molar-refractivity contribution in [3.8, 4) is 0 Å². The van der Waals surface area contributed by atoms with E-state index in [1.165, 1.54) is 10.4 Å². The van der Waals surface area contributed by atoms with Gasteiger partial charge in [-0.2, -0.15) is 4.31 Å². The molecule has 1 saturated carbocycles. The van der Waals surface area contributed by atoms with E-state index in [9.17, 15) is 18.0 Å². The number of carbonyl (C=O) groups excluding carboxylic acids is 2. The standard InChI is InChI=1S/C22H27N3O5S/c23-21(27)22(11-2-1-3-12-22)30-20(26)17-9-6-14-25(15-17)31(28,29)18-10-4-7-16-8-5-13-24-19(16)18/h4-5,7-8,10,13,17H,1-3,6,9,11-12,14-15H2,(H2,23,27). The van der Waals surface area contributed by atoms with Crippen molar-refractivity contribution in [2.24, 2.45) is 11.7 Å². The Morgan fingerprint density at radius 3 is 2.58 bits per heavy atom. The second-order valence-corrected chi connectivity index (χ2v) is 10.3. The summed E-state index contributed by atoms with van der Waals surface area (Å²) < 4.78 is 33.8. The van der Waals surface area contributed by atoms with Crippen LogP contribution in [0.4, 0.5) is 0 Å². The number of amides is 1. The number of ether oxygens (including phenoxy) is 1. The number of nitrogens with two attached hydrogens (primary N) is 1. The van der Waals surface area contributed by atoms with Gasteiger partial charge in [-0.3, -0.25) is 14.6 Å². The minimum atomic E-state index is -3.85. The van der Waals surface area contributed by atoms with Crippen molar-refractivity contribution >= 4 is 32.8 Å². The van der Waals surface area contributed by atoms with Crippen LogP contribution in [0.3, 0.4) is 0 Å². The van der Waals surface area contributed by atoms with E-state index in [1.807, 2.05) is 12.1 Å². The fourth-order valence-corrected chi connectivity index (χ4v) is 6.26. The number of esters is 1. The molecule has 31 heavy (non-hydrogen) atoms. The molecule has 2 heterocycles. The smallest absolute Gasteiger partial charge is 0.311 e. The summed E-state index contributed by atoms with van der Waals surface area (Å²) in [5, 5.41) is 0.734. The molecule has 1 aromatic carbocycles. The molecule has 9 heteroatoms. The molecule has 2 N–H and O–H groups in total. The second-order valence-electron chi connectivity index (χ2n) is 8.37. The van der Waals surface area contributed by atoms with E-state index in [4.69, 9.17) is 10.5 Å². The lowest BCUT2D eigenvalue weighted by atomic mass is 9.84. The number of carbonyl (C=O) groups is 2. The van der Waals surface area contributed by atoms with Gasteiger partial charge >= 0.3 is 5.97 Å². The van der Waals surface area contributed by atoms with Crippen LogP contribution in [0.1, 0.15) is 44.9 Å². The summed E-state index contributed by atoms with van der Waals surface area (Å²) in [6.45, 7) is 0.329. The first-order valence-electron chi connectivity index (χ1n) is 10.7. The first-order valence-corrected chi connectivity index (χ1v) is 12.1. The van der Waals surface area contributed by atoms with Crippen molar-refractivity contribution in [2.75, 3.05) is 13.1 Å². The van der Waals surface area contributed by atoms with Crippen LogP contribution in [0.15, 0.2) is 41.4 Å². The topological polar surface area (TPSA) is 120 Å². The highest BCUT2D eigenvalue weighted by atomic mass is 32.2. The van der Waals surface area contributed by atoms with E-state index < -0.39 is 33.4 Å². The number of benzene rings is 1. The second kappa shape index (κ2) is 8.55. The maximum absolute atomic E-state index is 13.4. The molecule has 2 fully saturated rings. The lowest BCUT2D eigenvalue weighted by molar-refractivity contribution is -0.175.